The minimum absolute atomic E-state index is 0. The minimum Gasteiger partial charge on any atom is -0.495 e. The van der Waals surface area contributed by atoms with Gasteiger partial charge in [-0.25, -0.2) is 36.8 Å². The lowest BCUT2D eigenvalue weighted by atomic mass is 9.97. The zero-order valence-corrected chi connectivity index (χ0v) is 66.7. The number of hydrogen-bond donors (Lipinski definition) is 3. The fraction of sp³-hybridized carbons (Fsp3) is 0.525. The first-order valence-corrected chi connectivity index (χ1v) is 41.9. The van der Waals surface area contributed by atoms with E-state index < -0.39 is 107 Å². The number of aromatic nitrogens is 4. The second-order valence-corrected chi connectivity index (χ2v) is 36.6. The van der Waals surface area contributed by atoms with Crippen molar-refractivity contribution in [3.8, 4) is 38.7 Å². The molecular formula is C80H102ClF3N10O14S4. The molecule has 32 heteroatoms. The maximum Gasteiger partial charge on any atom is 0.434 e. The van der Waals surface area contributed by atoms with Crippen LogP contribution in [0.15, 0.2) is 98.6 Å². The van der Waals surface area contributed by atoms with Crippen molar-refractivity contribution in [1.82, 2.24) is 49.0 Å². The summed E-state index contributed by atoms with van der Waals surface area (Å²) >= 11 is 9.09. The van der Waals surface area contributed by atoms with Gasteiger partial charge < -0.3 is 38.9 Å². The van der Waals surface area contributed by atoms with Crippen LogP contribution >= 0.6 is 34.3 Å². The molecule has 24 nitrogen and oxygen atoms in total. The van der Waals surface area contributed by atoms with Crippen LogP contribution in [0.1, 0.15) is 166 Å². The number of pyridine rings is 2. The van der Waals surface area contributed by atoms with Gasteiger partial charge in [-0.1, -0.05) is 70.7 Å². The lowest BCUT2D eigenvalue weighted by molar-refractivity contribution is -0.144. The third-order valence-corrected chi connectivity index (χ3v) is 28.5. The number of hydrogen-bond acceptors (Lipinski definition) is 20. The lowest BCUT2D eigenvalue weighted by Gasteiger charge is -2.29. The molecule has 4 saturated carbocycles. The SMILES string of the molecule is C.C.C=CCCCCN(C)C(=O)[C@@H]1C[C@H](Oc2cc(-c3nc(C(F)(F)F)cs3)nc3c(C)c(CO)ccc23)CN1C(=O)C[C@]1(C(=O)NS(=O)(=O)C2(C)CC2)C[C@H]1C=C.C=CCCCCN(C)C(=O)[C@@H]1C[C@H](Oc2cc(-c3ncc(C(C)C)s3)nc3c(Cl)c(OC)ccc23)CN1C(=O)C[C@]1(C(=O)NS(=O)(=O)C2CC2)C[C@H]1C=C. The van der Waals surface area contributed by atoms with Gasteiger partial charge in [0.05, 0.1) is 58.7 Å². The van der Waals surface area contributed by atoms with Gasteiger partial charge in [0, 0.05) is 92.2 Å². The van der Waals surface area contributed by atoms with Crippen molar-refractivity contribution in [3.05, 3.63) is 125 Å². The van der Waals surface area contributed by atoms with Crippen LogP contribution in [0.2, 0.25) is 5.02 Å². The normalized spacial score (nSPS) is 22.1. The number of alkyl halides is 3. The highest BCUT2D eigenvalue weighted by Gasteiger charge is 2.64. The van der Waals surface area contributed by atoms with E-state index in [2.05, 4.69) is 64.6 Å². The maximum absolute atomic E-state index is 14.3. The molecule has 12 rings (SSSR count). The zero-order chi connectivity index (χ0) is 79.7. The van der Waals surface area contributed by atoms with Crippen molar-refractivity contribution in [2.75, 3.05) is 47.4 Å². The first-order valence-electron chi connectivity index (χ1n) is 36.8. The van der Waals surface area contributed by atoms with Crippen molar-refractivity contribution in [1.29, 1.82) is 0 Å². The molecule has 4 aliphatic carbocycles. The summed E-state index contributed by atoms with van der Waals surface area (Å²) in [4.78, 5) is 109. The highest BCUT2D eigenvalue weighted by Crippen LogP contribution is 2.59. The van der Waals surface area contributed by atoms with Gasteiger partial charge in [-0.05, 0) is 138 Å². The molecule has 4 aromatic heterocycles. The van der Waals surface area contributed by atoms with Crippen LogP contribution in [-0.2, 0) is 61.6 Å². The summed E-state index contributed by atoms with van der Waals surface area (Å²) in [6.45, 7) is 23.2. The van der Waals surface area contributed by atoms with E-state index in [1.165, 1.54) is 40.4 Å². The first-order chi connectivity index (χ1) is 52.1. The van der Waals surface area contributed by atoms with Gasteiger partial charge in [0.15, 0.2) is 5.69 Å². The number of aliphatic hydroxyl groups is 1. The van der Waals surface area contributed by atoms with E-state index in [0.717, 1.165) is 53.7 Å². The Labute approximate surface area is 666 Å². The Morgan fingerprint density at radius 2 is 1.24 bits per heavy atom. The quantitative estimate of drug-likeness (QED) is 0.0255. The summed E-state index contributed by atoms with van der Waals surface area (Å²) in [6, 6.07) is 8.34. The van der Waals surface area contributed by atoms with Gasteiger partial charge in [-0.15, -0.1) is 49.0 Å². The van der Waals surface area contributed by atoms with Gasteiger partial charge in [0.2, 0.25) is 55.5 Å². The largest absolute Gasteiger partial charge is 0.495 e. The molecule has 0 unspecified atom stereocenters. The Hall–Kier alpha value is -8.36. The van der Waals surface area contributed by atoms with E-state index in [9.17, 15) is 63.9 Å². The Bertz CT molecular complexity index is 4840. The van der Waals surface area contributed by atoms with Gasteiger partial charge >= 0.3 is 6.18 Å². The van der Waals surface area contributed by atoms with Crippen LogP contribution in [0.3, 0.4) is 0 Å². The lowest BCUT2D eigenvalue weighted by Crippen LogP contribution is -2.49. The predicted octanol–water partition coefficient (Wildman–Crippen LogP) is 13.7. The molecule has 112 heavy (non-hydrogen) atoms. The van der Waals surface area contributed by atoms with Crippen LogP contribution in [0.5, 0.6) is 17.2 Å². The molecule has 2 aromatic carbocycles. The summed E-state index contributed by atoms with van der Waals surface area (Å²) < 4.78 is 114. The second-order valence-electron chi connectivity index (χ2n) is 30.1. The van der Waals surface area contributed by atoms with E-state index in [-0.39, 0.29) is 113 Å². The van der Waals surface area contributed by atoms with Crippen LogP contribution in [0, 0.1) is 29.6 Å². The molecule has 6 heterocycles. The van der Waals surface area contributed by atoms with Crippen molar-refractivity contribution < 1.29 is 78.1 Å². The Kier molecular flexibility index (Phi) is 27.5. The molecule has 2 aliphatic heterocycles. The molecule has 2 saturated heterocycles. The zero-order valence-electron chi connectivity index (χ0n) is 62.7. The van der Waals surface area contributed by atoms with Gasteiger partial charge in [-0.2, -0.15) is 13.2 Å². The number of amides is 6. The fourth-order valence-electron chi connectivity index (χ4n) is 14.3. The van der Waals surface area contributed by atoms with Crippen LogP contribution in [-0.4, -0.2) is 179 Å². The number of fused-ring (bicyclic) bond motifs is 2. The number of aliphatic hydroxyl groups excluding tert-OH is 1. The number of benzene rings is 2. The third kappa shape index (κ3) is 18.7. The molecule has 6 amide bonds. The average molecular weight is 1650 g/mol. The molecule has 6 fully saturated rings. The summed E-state index contributed by atoms with van der Waals surface area (Å²) in [5.41, 5.74) is -1.06. The molecule has 0 spiro atoms. The minimum atomic E-state index is -4.67. The molecule has 0 radical (unpaired) electrons. The average Bonchev–Trinajstić information content (AvgIpc) is 1.56. The first kappa shape index (κ1) is 87.6. The third-order valence-electron chi connectivity index (χ3n) is 22.0. The highest BCUT2D eigenvalue weighted by atomic mass is 35.5. The second kappa shape index (κ2) is 35.2. The number of ether oxygens (including phenoxy) is 3. The number of sulfonamides is 2. The van der Waals surface area contributed by atoms with Crippen molar-refractivity contribution in [3.63, 3.8) is 0 Å². The maximum atomic E-state index is 14.3. The number of rotatable bonds is 33. The van der Waals surface area contributed by atoms with Crippen molar-refractivity contribution in [2.24, 2.45) is 22.7 Å². The monoisotopic (exact) mass is 1650 g/mol. The van der Waals surface area contributed by atoms with Crippen LogP contribution in [0.25, 0.3) is 43.2 Å². The number of likely N-dealkylation sites (tertiary alicyclic amines) is 2. The summed E-state index contributed by atoms with van der Waals surface area (Å²) in [7, 11) is -2.93. The predicted molar refractivity (Wildman–Crippen MR) is 428 cm³/mol. The number of thiazole rings is 2. The van der Waals surface area contributed by atoms with E-state index in [0.29, 0.717) is 105 Å². The van der Waals surface area contributed by atoms with E-state index >= 15 is 0 Å². The summed E-state index contributed by atoms with van der Waals surface area (Å²) in [6.07, 6.45) is 9.20. The Morgan fingerprint density at radius 3 is 1.69 bits per heavy atom. The Balaban J connectivity index is 0.000000253. The number of halogens is 4. The molecular weight excluding hydrogens is 1550 g/mol. The van der Waals surface area contributed by atoms with Gasteiger partial charge in [0.1, 0.15) is 68.0 Å². The van der Waals surface area contributed by atoms with Crippen LogP contribution < -0.4 is 23.7 Å². The van der Waals surface area contributed by atoms with Crippen LogP contribution in [0.4, 0.5) is 13.2 Å². The number of likely N-dealkylation sites (N-methyl/N-ethyl adjacent to an activating group) is 2. The number of unbranched alkanes of at least 4 members (excludes halogenated alkanes) is 4. The highest BCUT2D eigenvalue weighted by molar-refractivity contribution is 7.91. The van der Waals surface area contributed by atoms with Gasteiger partial charge in [-0.3, -0.25) is 38.2 Å². The molecule has 0 bridgehead atoms. The van der Waals surface area contributed by atoms with Gasteiger partial charge in [0.25, 0.3) is 0 Å². The molecule has 6 aliphatic rings. The number of nitrogens with zero attached hydrogens (tertiary/aromatic N) is 8. The molecule has 3 N–H and O–H groups in total. The smallest absolute Gasteiger partial charge is 0.434 e. The summed E-state index contributed by atoms with van der Waals surface area (Å²) in [5.74, 6) is -2.44. The van der Waals surface area contributed by atoms with Crippen molar-refractivity contribution in [2.45, 2.75) is 198 Å². The number of carbonyl (C=O) groups excluding carboxylic acids is 6. The Morgan fingerprint density at radius 1 is 0.741 bits per heavy atom. The number of aryl methyl sites for hydroxylation is 1. The molecule has 6 aromatic rings. The fourth-order valence-corrected chi connectivity index (χ4v) is 19.0. The number of allylic oxidation sites excluding steroid dienone is 4. The molecule has 608 valence electrons. The topological polar surface area (TPSA) is 307 Å². The number of methoxy groups -OCH3 is 1. The van der Waals surface area contributed by atoms with E-state index in [4.69, 9.17) is 30.8 Å². The van der Waals surface area contributed by atoms with E-state index in [1.54, 1.807) is 74.2 Å². The number of nitrogens with one attached hydrogen (secondary N) is 2. The van der Waals surface area contributed by atoms with Crippen molar-refractivity contribution >= 4 is 112 Å². The molecule has 8 atom stereocenters. The summed E-state index contributed by atoms with van der Waals surface area (Å²) in [5, 5.41) is 12.4. The standard InChI is InChI=1S/C39H48ClN5O7S2.C39H46F3N5O7S2.2CH4/c1-7-9-10-11-16-44(5)37(47)29-17-25(22-45(29)33(46)20-39(19-24(39)8-2)38(48)43-54(49,50)26-12-13-26)52-31-18-28(36-41-21-32(53-36)23(3)4)42-35-27(31)14-15-30(51-6)34(35)40;1-6-8-9-10-15-46(5)35(50)29-16-26(20-47(29)32(49)19-38(18-25(38)7-2)36(51)45-56(52,53)37(4)13-14-37)54-30-17-28(34-44-31(22-55-34)39(40,41)42)43-33-23(3)24(21-48)11-12-27(30)33;;/h7-8,14-15,18,21,23-26,29H,1-2,9-13,16-17,19-20,22H2,3-6H3,(H,43,48);6-7,11-12,17,22,25-26,29,48H,1-2,8-10,13-16,18-21H2,3-5H3,(H,45,51);2*1H4/t24-,25+,29+,39-;25-,26+,29+,38-;;/m11../s1. The number of carbonyl (C=O) groups is 6. The van der Waals surface area contributed by atoms with E-state index in [1.807, 2.05) is 18.3 Å².